The molecule has 0 aliphatic carbocycles. The fraction of sp³-hybridized carbons (Fsp3) is 0.741. The molecule has 0 saturated carbocycles. The fourth-order valence-electron chi connectivity index (χ4n) is 4.21. The third-order valence-corrected chi connectivity index (χ3v) is 12.4. The molecular formula is C27H47NO9SSi. The molecule has 4 atom stereocenters. The Bertz CT molecular complexity index is 996. The first-order valence-corrected chi connectivity index (χ1v) is 18.0. The molecule has 0 radical (unpaired) electrons. The van der Waals surface area contributed by atoms with Crippen molar-refractivity contribution in [3.63, 3.8) is 0 Å². The number of hydrogen-bond donors (Lipinski definition) is 3. The minimum Gasteiger partial charge on any atom is -0.459 e. The summed E-state index contributed by atoms with van der Waals surface area (Å²) in [7, 11) is -7.24. The van der Waals surface area contributed by atoms with Gasteiger partial charge in [-0.2, -0.15) is 8.42 Å². The van der Waals surface area contributed by atoms with Crippen LogP contribution in [0.5, 0.6) is 0 Å². The van der Waals surface area contributed by atoms with E-state index in [0.717, 1.165) is 38.5 Å². The van der Waals surface area contributed by atoms with Crippen LogP contribution in [-0.2, 0) is 39.7 Å². The van der Waals surface area contributed by atoms with Crippen LogP contribution in [0.2, 0.25) is 18.1 Å². The molecule has 1 aromatic carbocycles. The number of unbranched alkanes of at least 4 members (excludes halogenated alkanes) is 5. The van der Waals surface area contributed by atoms with Gasteiger partial charge in [-0.25, -0.2) is 4.18 Å². The number of benzene rings is 1. The summed E-state index contributed by atoms with van der Waals surface area (Å²) in [4.78, 5) is 12.6. The average molecular weight is 590 g/mol. The first kappa shape index (κ1) is 33.8. The quantitative estimate of drug-likeness (QED) is 0.0877. The summed E-state index contributed by atoms with van der Waals surface area (Å²) >= 11 is 0. The SMILES string of the molecule is CC(C)(C)[Si](C)(C)OC[C@H]1OC(N)(O)C[C@@H](OC(=O)CCCCCCCCc2ccccc2)[C@@H]1OS(=O)(=O)O. The van der Waals surface area contributed by atoms with E-state index in [1.54, 1.807) is 0 Å². The Morgan fingerprint density at radius 2 is 1.69 bits per heavy atom. The van der Waals surface area contributed by atoms with Crippen molar-refractivity contribution < 1.29 is 41.0 Å². The van der Waals surface area contributed by atoms with Crippen molar-refractivity contribution in [3.05, 3.63) is 35.9 Å². The third kappa shape index (κ3) is 12.3. The maximum absolute atomic E-state index is 12.6. The zero-order chi connectivity index (χ0) is 29.3. The summed E-state index contributed by atoms with van der Waals surface area (Å²) in [6, 6.07) is 10.4. The Kier molecular flexibility index (Phi) is 12.6. The average Bonchev–Trinajstić information content (AvgIpc) is 2.80. The lowest BCUT2D eigenvalue weighted by Crippen LogP contribution is -2.62. The summed E-state index contributed by atoms with van der Waals surface area (Å²) in [5, 5.41) is 10.3. The highest BCUT2D eigenvalue weighted by molar-refractivity contribution is 7.80. The van der Waals surface area contributed by atoms with E-state index in [1.165, 1.54) is 5.56 Å². The van der Waals surface area contributed by atoms with Crippen LogP contribution in [0, 0.1) is 0 Å². The van der Waals surface area contributed by atoms with Crippen molar-refractivity contribution in [2.75, 3.05) is 6.61 Å². The van der Waals surface area contributed by atoms with Crippen molar-refractivity contribution in [2.24, 2.45) is 5.73 Å². The van der Waals surface area contributed by atoms with Gasteiger partial charge in [0.2, 0.25) is 5.91 Å². The zero-order valence-electron chi connectivity index (χ0n) is 23.9. The van der Waals surface area contributed by atoms with Gasteiger partial charge < -0.3 is 19.0 Å². The molecule has 0 bridgehead atoms. The lowest BCUT2D eigenvalue weighted by Gasteiger charge is -2.44. The van der Waals surface area contributed by atoms with E-state index in [0.29, 0.717) is 6.42 Å². The van der Waals surface area contributed by atoms with Crippen molar-refractivity contribution >= 4 is 24.7 Å². The van der Waals surface area contributed by atoms with E-state index < -0.39 is 55.3 Å². The van der Waals surface area contributed by atoms with Gasteiger partial charge in [0.05, 0.1) is 13.0 Å². The molecule has 1 aromatic rings. The second-order valence-electron chi connectivity index (χ2n) is 11.9. The van der Waals surface area contributed by atoms with Crippen LogP contribution >= 0.6 is 0 Å². The molecule has 1 fully saturated rings. The van der Waals surface area contributed by atoms with Crippen molar-refractivity contribution in [3.8, 4) is 0 Å². The highest BCUT2D eigenvalue weighted by Gasteiger charge is 2.50. The molecule has 4 N–H and O–H groups in total. The highest BCUT2D eigenvalue weighted by Crippen LogP contribution is 2.38. The molecule has 1 aliphatic rings. The van der Waals surface area contributed by atoms with Crippen molar-refractivity contribution in [2.45, 2.75) is 121 Å². The lowest BCUT2D eigenvalue weighted by atomic mass is 9.99. The van der Waals surface area contributed by atoms with Gasteiger partial charge >= 0.3 is 16.4 Å². The molecule has 12 heteroatoms. The van der Waals surface area contributed by atoms with Gasteiger partial charge in [-0.05, 0) is 43.0 Å². The van der Waals surface area contributed by atoms with Gasteiger partial charge in [0.25, 0.3) is 0 Å². The topological polar surface area (TPSA) is 155 Å². The normalized spacial score (nSPS) is 24.5. The van der Waals surface area contributed by atoms with Gasteiger partial charge in [-0.15, -0.1) is 0 Å². The summed E-state index contributed by atoms with van der Waals surface area (Å²) in [6.07, 6.45) is 2.57. The molecular weight excluding hydrogens is 542 g/mol. The van der Waals surface area contributed by atoms with E-state index in [-0.39, 0.29) is 18.1 Å². The van der Waals surface area contributed by atoms with Crippen LogP contribution in [-0.4, -0.2) is 63.2 Å². The Morgan fingerprint density at radius 1 is 1.10 bits per heavy atom. The smallest absolute Gasteiger partial charge is 0.397 e. The van der Waals surface area contributed by atoms with Gasteiger partial charge in [0.1, 0.15) is 18.3 Å². The number of rotatable bonds is 15. The van der Waals surface area contributed by atoms with Gasteiger partial charge in [-0.3, -0.25) is 15.1 Å². The van der Waals surface area contributed by atoms with Crippen LogP contribution in [0.25, 0.3) is 0 Å². The number of esters is 1. The number of ether oxygens (including phenoxy) is 2. The van der Waals surface area contributed by atoms with Crippen LogP contribution < -0.4 is 5.73 Å². The third-order valence-electron chi connectivity index (χ3n) is 7.45. The fourth-order valence-corrected chi connectivity index (χ4v) is 5.75. The number of carbonyl (C=O) groups is 1. The molecule has 1 unspecified atom stereocenters. The number of nitrogens with two attached hydrogens (primary N) is 1. The Morgan fingerprint density at radius 3 is 2.28 bits per heavy atom. The molecule has 39 heavy (non-hydrogen) atoms. The van der Waals surface area contributed by atoms with Gasteiger partial charge in [-0.1, -0.05) is 76.8 Å². The van der Waals surface area contributed by atoms with Crippen molar-refractivity contribution in [1.29, 1.82) is 0 Å². The van der Waals surface area contributed by atoms with E-state index in [2.05, 4.69) is 12.1 Å². The van der Waals surface area contributed by atoms with Crippen LogP contribution in [0.4, 0.5) is 0 Å². The minimum absolute atomic E-state index is 0.119. The zero-order valence-corrected chi connectivity index (χ0v) is 25.7. The first-order valence-electron chi connectivity index (χ1n) is 13.7. The standard InChI is InChI=1S/C27H47NO9SSi/c1-26(2,3)39(4,5)34-20-23-25(37-38(31,32)33)22(19-27(28,30)36-23)35-24(29)18-14-9-7-6-8-11-15-21-16-12-10-13-17-21/h10,12-13,16-17,22-23,25,30H,6-9,11,14-15,18-20,28H2,1-5H3,(H,31,32,33)/t22-,23-,25+,27?/m1/s1. The van der Waals surface area contributed by atoms with Crippen LogP contribution in [0.3, 0.4) is 0 Å². The van der Waals surface area contributed by atoms with Gasteiger partial charge in [0.15, 0.2) is 8.32 Å². The maximum atomic E-state index is 12.6. The number of aryl methyl sites for hydroxylation is 1. The van der Waals surface area contributed by atoms with E-state index >= 15 is 0 Å². The summed E-state index contributed by atoms with van der Waals surface area (Å²) in [5.41, 5.74) is 7.17. The van der Waals surface area contributed by atoms with Crippen molar-refractivity contribution in [1.82, 2.24) is 0 Å². The monoisotopic (exact) mass is 589 g/mol. The van der Waals surface area contributed by atoms with E-state index in [9.17, 15) is 22.9 Å². The Balaban J connectivity index is 1.87. The van der Waals surface area contributed by atoms with Crippen LogP contribution in [0.1, 0.15) is 77.7 Å². The molecule has 0 spiro atoms. The second-order valence-corrected chi connectivity index (χ2v) is 17.8. The minimum atomic E-state index is -4.93. The number of hydrogen-bond acceptors (Lipinski definition) is 9. The summed E-state index contributed by atoms with van der Waals surface area (Å²) < 4.78 is 54.5. The summed E-state index contributed by atoms with van der Waals surface area (Å²) in [5.74, 6) is -2.78. The number of carbonyl (C=O) groups excluding carboxylic acids is 1. The molecule has 2 rings (SSSR count). The van der Waals surface area contributed by atoms with Crippen LogP contribution in [0.15, 0.2) is 30.3 Å². The summed E-state index contributed by atoms with van der Waals surface area (Å²) in [6.45, 7) is 9.90. The highest BCUT2D eigenvalue weighted by atomic mass is 32.3. The lowest BCUT2D eigenvalue weighted by molar-refractivity contribution is -0.299. The molecule has 1 saturated heterocycles. The molecule has 10 nitrogen and oxygen atoms in total. The maximum Gasteiger partial charge on any atom is 0.397 e. The Labute approximate surface area is 234 Å². The molecule has 0 amide bonds. The molecule has 224 valence electrons. The number of aliphatic hydroxyl groups is 1. The predicted molar refractivity (Wildman–Crippen MR) is 151 cm³/mol. The molecule has 1 aliphatic heterocycles. The molecule has 0 aromatic heterocycles. The first-order chi connectivity index (χ1) is 18.0. The Hall–Kier alpha value is -1.38. The predicted octanol–water partition coefficient (Wildman–Crippen LogP) is 4.48. The largest absolute Gasteiger partial charge is 0.459 e. The van der Waals surface area contributed by atoms with E-state index in [4.69, 9.17) is 23.8 Å². The van der Waals surface area contributed by atoms with Gasteiger partial charge in [0, 0.05) is 6.42 Å². The molecule has 1 heterocycles. The second kappa shape index (κ2) is 14.5. The van der Waals surface area contributed by atoms with E-state index in [1.807, 2.05) is 52.1 Å².